The maximum absolute atomic E-state index is 11.3. The molecule has 0 bridgehead atoms. The van der Waals surface area contributed by atoms with Gasteiger partial charge in [0, 0.05) is 19.5 Å². The molecule has 1 heterocycles. The van der Waals surface area contributed by atoms with Crippen molar-refractivity contribution >= 4 is 28.9 Å². The molecule has 0 aliphatic carbocycles. The molecule has 9 heteroatoms. The fraction of sp³-hybridized carbons (Fsp3) is 0.467. The third-order valence-corrected chi connectivity index (χ3v) is 3.49. The number of ether oxygens (including phenoxy) is 1. The van der Waals surface area contributed by atoms with Gasteiger partial charge in [-0.3, -0.25) is 9.59 Å². The lowest BCUT2D eigenvalue weighted by molar-refractivity contribution is -0.115. The summed E-state index contributed by atoms with van der Waals surface area (Å²) >= 11 is 0. The zero-order valence-electron chi connectivity index (χ0n) is 13.3. The molecular weight excluding hydrogens is 318 g/mol. The van der Waals surface area contributed by atoms with Crippen molar-refractivity contribution in [2.45, 2.75) is 38.4 Å². The van der Waals surface area contributed by atoms with Crippen molar-refractivity contribution in [2.75, 3.05) is 22.6 Å². The first-order chi connectivity index (χ1) is 11.3. The van der Waals surface area contributed by atoms with Gasteiger partial charge in [-0.05, 0) is 18.2 Å². The quantitative estimate of drug-likeness (QED) is 0.423. The Labute approximate surface area is 138 Å². The van der Waals surface area contributed by atoms with E-state index in [1.165, 1.54) is 13.8 Å². The van der Waals surface area contributed by atoms with Crippen molar-refractivity contribution in [3.8, 4) is 0 Å². The number of hydrogen-bond acceptors (Lipinski definition) is 7. The molecular formula is C15H21N3O6. The summed E-state index contributed by atoms with van der Waals surface area (Å²) in [4.78, 5) is 22.5. The van der Waals surface area contributed by atoms with Gasteiger partial charge in [-0.2, -0.15) is 0 Å². The SMILES string of the molecule is CC(=O)Nc1ccc(NC(C)=O)c(N[C@@H]2O[C@H](CO)[C@H](O)[C@H]2O)c1. The van der Waals surface area contributed by atoms with E-state index in [-0.39, 0.29) is 11.8 Å². The van der Waals surface area contributed by atoms with Gasteiger partial charge in [0.15, 0.2) is 6.23 Å². The minimum absolute atomic E-state index is 0.263. The molecule has 9 nitrogen and oxygen atoms in total. The smallest absolute Gasteiger partial charge is 0.221 e. The predicted octanol–water partition coefficient (Wildman–Crippen LogP) is -0.546. The Morgan fingerprint density at radius 3 is 2.29 bits per heavy atom. The van der Waals surface area contributed by atoms with E-state index in [0.29, 0.717) is 17.1 Å². The molecule has 1 aromatic rings. The molecule has 4 atom stereocenters. The average Bonchev–Trinajstić information content (AvgIpc) is 2.76. The molecule has 24 heavy (non-hydrogen) atoms. The lowest BCUT2D eigenvalue weighted by Gasteiger charge is -2.21. The highest BCUT2D eigenvalue weighted by molar-refractivity contribution is 5.95. The number of carbonyl (C=O) groups excluding carboxylic acids is 2. The van der Waals surface area contributed by atoms with Gasteiger partial charge in [0.05, 0.1) is 18.0 Å². The van der Waals surface area contributed by atoms with Gasteiger partial charge in [0.25, 0.3) is 0 Å². The summed E-state index contributed by atoms with van der Waals surface area (Å²) < 4.78 is 5.36. The van der Waals surface area contributed by atoms with Crippen LogP contribution in [-0.2, 0) is 14.3 Å². The van der Waals surface area contributed by atoms with E-state index in [9.17, 15) is 19.8 Å². The van der Waals surface area contributed by atoms with Crippen molar-refractivity contribution in [1.82, 2.24) is 0 Å². The van der Waals surface area contributed by atoms with Gasteiger partial charge >= 0.3 is 0 Å². The number of hydrogen-bond donors (Lipinski definition) is 6. The van der Waals surface area contributed by atoms with Crippen LogP contribution in [-0.4, -0.2) is 58.3 Å². The Bertz CT molecular complexity index is 623. The van der Waals surface area contributed by atoms with Crippen LogP contribution in [0.5, 0.6) is 0 Å². The second-order valence-corrected chi connectivity index (χ2v) is 5.53. The number of nitrogens with one attached hydrogen (secondary N) is 3. The number of benzene rings is 1. The summed E-state index contributed by atoms with van der Waals surface area (Å²) in [7, 11) is 0. The zero-order chi connectivity index (χ0) is 17.9. The van der Waals surface area contributed by atoms with Crippen LogP contribution in [0.2, 0.25) is 0 Å². The predicted molar refractivity (Wildman–Crippen MR) is 86.4 cm³/mol. The minimum Gasteiger partial charge on any atom is -0.394 e. The van der Waals surface area contributed by atoms with E-state index in [1.807, 2.05) is 0 Å². The highest BCUT2D eigenvalue weighted by atomic mass is 16.6. The lowest BCUT2D eigenvalue weighted by Crippen LogP contribution is -2.36. The van der Waals surface area contributed by atoms with Crippen LogP contribution in [0.3, 0.4) is 0 Å². The third kappa shape index (κ3) is 4.20. The van der Waals surface area contributed by atoms with Crippen LogP contribution in [0, 0.1) is 0 Å². The monoisotopic (exact) mass is 339 g/mol. The highest BCUT2D eigenvalue weighted by Gasteiger charge is 2.42. The molecule has 1 fully saturated rings. The Kier molecular flexibility index (Phi) is 5.73. The molecule has 0 spiro atoms. The molecule has 2 rings (SSSR count). The summed E-state index contributed by atoms with van der Waals surface area (Å²) in [5.41, 5.74) is 1.27. The first-order valence-corrected chi connectivity index (χ1v) is 7.40. The van der Waals surface area contributed by atoms with Crippen LogP contribution >= 0.6 is 0 Å². The number of aliphatic hydroxyl groups excluding tert-OH is 3. The van der Waals surface area contributed by atoms with E-state index < -0.39 is 31.1 Å². The second kappa shape index (κ2) is 7.58. The van der Waals surface area contributed by atoms with Crippen molar-refractivity contribution in [3.63, 3.8) is 0 Å². The zero-order valence-corrected chi connectivity index (χ0v) is 13.3. The van der Waals surface area contributed by atoms with Crippen molar-refractivity contribution < 1.29 is 29.6 Å². The number of rotatable bonds is 5. The Balaban J connectivity index is 2.25. The summed E-state index contributed by atoms with van der Waals surface area (Å²) in [6, 6.07) is 4.74. The molecule has 0 unspecified atom stereocenters. The van der Waals surface area contributed by atoms with Gasteiger partial charge in [-0.25, -0.2) is 0 Å². The van der Waals surface area contributed by atoms with Crippen LogP contribution in [0.25, 0.3) is 0 Å². The molecule has 0 aromatic heterocycles. The molecule has 6 N–H and O–H groups in total. The van der Waals surface area contributed by atoms with Gasteiger partial charge in [0.2, 0.25) is 11.8 Å². The molecule has 1 saturated heterocycles. The fourth-order valence-electron chi connectivity index (χ4n) is 2.42. The summed E-state index contributed by atoms with van der Waals surface area (Å²) in [6.45, 7) is 2.26. The van der Waals surface area contributed by atoms with Crippen LogP contribution in [0.4, 0.5) is 17.1 Å². The number of carbonyl (C=O) groups is 2. The van der Waals surface area contributed by atoms with Crippen molar-refractivity contribution in [2.24, 2.45) is 0 Å². The highest BCUT2D eigenvalue weighted by Crippen LogP contribution is 2.30. The standard InChI is InChI=1S/C15H21N3O6/c1-7(20)16-9-3-4-10(17-8(2)21)11(5-9)18-15-14(23)13(22)12(6-19)24-15/h3-5,12-15,18-19,22-23H,6H2,1-2H3,(H,16,20)(H,17,21)/t12-,13+,14-,15-/m1/s1. The van der Waals surface area contributed by atoms with Crippen molar-refractivity contribution in [3.05, 3.63) is 18.2 Å². The van der Waals surface area contributed by atoms with Gasteiger partial charge in [0.1, 0.15) is 18.3 Å². The van der Waals surface area contributed by atoms with E-state index in [4.69, 9.17) is 9.84 Å². The first-order valence-electron chi connectivity index (χ1n) is 7.40. The molecule has 0 radical (unpaired) electrons. The van der Waals surface area contributed by atoms with Crippen LogP contribution in [0.15, 0.2) is 18.2 Å². The molecule has 1 aromatic carbocycles. The minimum atomic E-state index is -1.27. The molecule has 2 amide bonds. The lowest BCUT2D eigenvalue weighted by atomic mass is 10.1. The van der Waals surface area contributed by atoms with Crippen LogP contribution < -0.4 is 16.0 Å². The molecule has 1 aliphatic heterocycles. The number of anilines is 3. The topological polar surface area (TPSA) is 140 Å². The Hall–Kier alpha value is -2.20. The molecule has 0 saturated carbocycles. The molecule has 1 aliphatic rings. The Morgan fingerprint density at radius 1 is 1.08 bits per heavy atom. The maximum atomic E-state index is 11.3. The number of aliphatic hydroxyl groups is 3. The van der Waals surface area contributed by atoms with E-state index in [1.54, 1.807) is 18.2 Å². The summed E-state index contributed by atoms with van der Waals surface area (Å²) in [5, 5.41) is 37.0. The van der Waals surface area contributed by atoms with E-state index in [2.05, 4.69) is 16.0 Å². The summed E-state index contributed by atoms with van der Waals surface area (Å²) in [6.07, 6.45) is -4.41. The average molecular weight is 339 g/mol. The largest absolute Gasteiger partial charge is 0.394 e. The first kappa shape index (κ1) is 18.1. The summed E-state index contributed by atoms with van der Waals surface area (Å²) in [5.74, 6) is -0.562. The third-order valence-electron chi connectivity index (χ3n) is 3.49. The maximum Gasteiger partial charge on any atom is 0.221 e. The van der Waals surface area contributed by atoms with E-state index >= 15 is 0 Å². The Morgan fingerprint density at radius 2 is 1.75 bits per heavy atom. The molecule has 132 valence electrons. The van der Waals surface area contributed by atoms with Gasteiger partial charge < -0.3 is 36.0 Å². The van der Waals surface area contributed by atoms with Gasteiger partial charge in [-0.15, -0.1) is 0 Å². The van der Waals surface area contributed by atoms with E-state index in [0.717, 1.165) is 0 Å². The normalized spacial score (nSPS) is 26.0. The second-order valence-electron chi connectivity index (χ2n) is 5.53. The van der Waals surface area contributed by atoms with Crippen LogP contribution in [0.1, 0.15) is 13.8 Å². The van der Waals surface area contributed by atoms with Crippen molar-refractivity contribution in [1.29, 1.82) is 0 Å². The fourth-order valence-corrected chi connectivity index (χ4v) is 2.42. The van der Waals surface area contributed by atoms with Gasteiger partial charge in [-0.1, -0.05) is 0 Å². The number of amides is 2.